The number of hydrogen-bond acceptors (Lipinski definition) is 12. The Morgan fingerprint density at radius 2 is 1.71 bits per heavy atom. The minimum absolute atomic E-state index is 0.155. The van der Waals surface area contributed by atoms with Crippen molar-refractivity contribution in [2.75, 3.05) is 18.9 Å². The summed E-state index contributed by atoms with van der Waals surface area (Å²) in [6.07, 6.45) is -6.93. The van der Waals surface area contributed by atoms with Crippen LogP contribution in [-0.4, -0.2) is 101 Å². The molecule has 2 saturated heterocycles. The zero-order valence-electron chi connectivity index (χ0n) is 14.5. The molecule has 2 fully saturated rings. The first-order valence-electron chi connectivity index (χ1n) is 8.61. The lowest BCUT2D eigenvalue weighted by molar-refractivity contribution is -0.219. The number of anilines is 1. The van der Waals surface area contributed by atoms with Crippen molar-refractivity contribution >= 4 is 17.0 Å². The molecule has 0 amide bonds. The van der Waals surface area contributed by atoms with E-state index in [1.807, 2.05) is 0 Å². The Labute approximate surface area is 157 Å². The van der Waals surface area contributed by atoms with Crippen LogP contribution in [0.4, 0.5) is 5.82 Å². The largest absolute Gasteiger partial charge is 0.394 e. The molecule has 8 atom stereocenters. The van der Waals surface area contributed by atoms with E-state index in [0.29, 0.717) is 11.2 Å². The molecule has 0 radical (unpaired) electrons. The van der Waals surface area contributed by atoms with E-state index in [0.717, 1.165) is 0 Å². The molecule has 4 rings (SSSR count). The molecule has 2 aliphatic rings. The Morgan fingerprint density at radius 3 is 2.39 bits per heavy atom. The van der Waals surface area contributed by atoms with Gasteiger partial charge in [0.2, 0.25) is 0 Å². The summed E-state index contributed by atoms with van der Waals surface area (Å²) < 4.78 is 18.2. The van der Waals surface area contributed by atoms with E-state index in [1.54, 1.807) is 0 Å². The molecule has 0 aliphatic carbocycles. The van der Waals surface area contributed by atoms with E-state index >= 15 is 0 Å². The van der Waals surface area contributed by atoms with Crippen molar-refractivity contribution in [3.8, 4) is 0 Å². The Hall–Kier alpha value is -1.97. The van der Waals surface area contributed by atoms with Crippen molar-refractivity contribution < 1.29 is 39.7 Å². The van der Waals surface area contributed by atoms with Crippen LogP contribution in [0.3, 0.4) is 0 Å². The minimum Gasteiger partial charge on any atom is -0.394 e. The number of nitrogen functional groups attached to an aromatic ring is 1. The van der Waals surface area contributed by atoms with Gasteiger partial charge in [0.1, 0.15) is 48.5 Å². The fourth-order valence-electron chi connectivity index (χ4n) is 3.43. The van der Waals surface area contributed by atoms with Gasteiger partial charge in [-0.2, -0.15) is 0 Å². The van der Waals surface area contributed by atoms with E-state index < -0.39 is 62.4 Å². The fourth-order valence-corrected chi connectivity index (χ4v) is 3.43. The molecule has 4 heterocycles. The van der Waals surface area contributed by atoms with Crippen LogP contribution in [-0.2, 0) is 14.2 Å². The molecule has 0 saturated carbocycles. The number of hydrogen-bond donors (Lipinski definition) is 6. The quantitative estimate of drug-likeness (QED) is 0.290. The number of aliphatic hydroxyl groups is 5. The summed E-state index contributed by atoms with van der Waals surface area (Å²) in [5.41, 5.74) is 6.42. The summed E-state index contributed by atoms with van der Waals surface area (Å²) >= 11 is 0. The van der Waals surface area contributed by atoms with Crippen molar-refractivity contribution in [1.29, 1.82) is 0 Å². The predicted molar refractivity (Wildman–Crippen MR) is 89.4 cm³/mol. The van der Waals surface area contributed by atoms with Gasteiger partial charge < -0.3 is 45.5 Å². The summed E-state index contributed by atoms with van der Waals surface area (Å²) in [5.74, 6) is 0.155. The Morgan fingerprint density at radius 1 is 1.00 bits per heavy atom. The summed E-state index contributed by atoms with van der Waals surface area (Å²) in [6, 6.07) is 0. The molecule has 0 bridgehead atoms. The first-order chi connectivity index (χ1) is 13.5. The van der Waals surface area contributed by atoms with E-state index in [4.69, 9.17) is 19.9 Å². The van der Waals surface area contributed by atoms with Gasteiger partial charge in [-0.05, 0) is 0 Å². The van der Waals surface area contributed by atoms with E-state index in [1.165, 1.54) is 17.2 Å². The highest BCUT2D eigenvalue weighted by atomic mass is 16.7. The lowest BCUT2D eigenvalue weighted by Crippen LogP contribution is -2.42. The number of rotatable bonds is 5. The highest BCUT2D eigenvalue weighted by molar-refractivity contribution is 5.81. The number of fused-ring (bicyclic) bond motifs is 1. The monoisotopic (exact) mass is 399 g/mol. The molecular weight excluding hydrogens is 378 g/mol. The Kier molecular flexibility index (Phi) is 5.15. The van der Waals surface area contributed by atoms with Gasteiger partial charge in [-0.1, -0.05) is 0 Å². The number of nitrogens with two attached hydrogens (primary N) is 1. The summed E-state index contributed by atoms with van der Waals surface area (Å²) in [5, 5.41) is 49.2. The average molecular weight is 399 g/mol. The van der Waals surface area contributed by atoms with Crippen LogP contribution in [0.2, 0.25) is 0 Å². The van der Waals surface area contributed by atoms with Crippen molar-refractivity contribution in [2.45, 2.75) is 49.1 Å². The first-order valence-corrected chi connectivity index (χ1v) is 8.61. The van der Waals surface area contributed by atoms with Crippen molar-refractivity contribution in [3.63, 3.8) is 0 Å². The van der Waals surface area contributed by atoms with Gasteiger partial charge in [0.05, 0.1) is 19.5 Å². The molecule has 13 nitrogen and oxygen atoms in total. The van der Waals surface area contributed by atoms with E-state index in [-0.39, 0.29) is 5.82 Å². The van der Waals surface area contributed by atoms with Crippen LogP contribution >= 0.6 is 0 Å². The van der Waals surface area contributed by atoms with E-state index in [2.05, 4.69) is 15.0 Å². The smallest absolute Gasteiger partial charge is 0.187 e. The van der Waals surface area contributed by atoms with Crippen LogP contribution in [0.1, 0.15) is 6.23 Å². The van der Waals surface area contributed by atoms with Crippen LogP contribution in [0.15, 0.2) is 12.7 Å². The van der Waals surface area contributed by atoms with Gasteiger partial charge in [0.25, 0.3) is 0 Å². The van der Waals surface area contributed by atoms with Crippen molar-refractivity contribution in [1.82, 2.24) is 19.5 Å². The topological polar surface area (TPSA) is 198 Å². The van der Waals surface area contributed by atoms with Gasteiger partial charge >= 0.3 is 0 Å². The predicted octanol–water partition coefficient (Wildman–Crippen LogP) is -3.52. The third-order valence-electron chi connectivity index (χ3n) is 4.94. The molecule has 7 N–H and O–H groups in total. The second kappa shape index (κ2) is 7.46. The highest BCUT2D eigenvalue weighted by Crippen LogP contribution is 2.36. The molecule has 154 valence electrons. The Bertz CT molecular complexity index is 836. The molecule has 0 aromatic carbocycles. The molecule has 0 spiro atoms. The SMILES string of the molecule is Nc1ncnc2c1ncn2[C@@H]1O[C@H](CO)[C@H](O)[C@H]1OC1O[C@H](CO)[C@@H](O)[C@H]1O. The lowest BCUT2D eigenvalue weighted by atomic mass is 10.1. The van der Waals surface area contributed by atoms with Gasteiger partial charge in [0, 0.05) is 0 Å². The van der Waals surface area contributed by atoms with Gasteiger partial charge in [-0.3, -0.25) is 4.57 Å². The second-order valence-electron chi connectivity index (χ2n) is 6.63. The van der Waals surface area contributed by atoms with Gasteiger partial charge in [-0.25, -0.2) is 15.0 Å². The summed E-state index contributed by atoms with van der Waals surface area (Å²) in [7, 11) is 0. The summed E-state index contributed by atoms with van der Waals surface area (Å²) in [4.78, 5) is 12.1. The van der Waals surface area contributed by atoms with Crippen molar-refractivity contribution in [2.24, 2.45) is 0 Å². The fraction of sp³-hybridized carbons (Fsp3) is 0.667. The maximum absolute atomic E-state index is 10.5. The second-order valence-corrected chi connectivity index (χ2v) is 6.63. The van der Waals surface area contributed by atoms with E-state index in [9.17, 15) is 25.5 Å². The summed E-state index contributed by atoms with van der Waals surface area (Å²) in [6.45, 7) is -1.01. The highest BCUT2D eigenvalue weighted by Gasteiger charge is 2.51. The maximum atomic E-state index is 10.5. The molecule has 1 unspecified atom stereocenters. The molecule has 28 heavy (non-hydrogen) atoms. The third kappa shape index (κ3) is 3.01. The van der Waals surface area contributed by atoms with Crippen LogP contribution < -0.4 is 5.73 Å². The van der Waals surface area contributed by atoms with Gasteiger partial charge in [-0.15, -0.1) is 0 Å². The van der Waals surface area contributed by atoms with Crippen LogP contribution in [0.5, 0.6) is 0 Å². The average Bonchev–Trinajstić information content (AvgIpc) is 3.33. The molecule has 13 heteroatoms. The number of nitrogens with zero attached hydrogens (tertiary/aromatic N) is 4. The zero-order valence-corrected chi connectivity index (χ0v) is 14.5. The number of aromatic nitrogens is 4. The third-order valence-corrected chi connectivity index (χ3v) is 4.94. The number of aliphatic hydroxyl groups excluding tert-OH is 5. The molecular formula is C15H21N5O8. The first kappa shape index (κ1) is 19.4. The standard InChI is InChI=1S/C15H21N5O8/c16-12-7-13(18-3-17-12)20(4-19-7)14-11(9(24)6(2-22)26-14)28-15-10(25)8(23)5(1-21)27-15/h3-6,8-11,14-15,21-25H,1-2H2,(H2,16,17,18)/t5-,6-,8-,9+,10-,11-,14-,15?/m1/s1. The molecule has 2 aromatic rings. The number of ether oxygens (including phenoxy) is 3. The zero-order chi connectivity index (χ0) is 20.0. The minimum atomic E-state index is -1.45. The van der Waals surface area contributed by atoms with Gasteiger partial charge in [0.15, 0.2) is 24.0 Å². The molecule has 2 aliphatic heterocycles. The van der Waals surface area contributed by atoms with Crippen LogP contribution in [0.25, 0.3) is 11.2 Å². The molecule has 2 aromatic heterocycles. The number of imidazole rings is 1. The normalized spacial score (nSPS) is 38.5. The Balaban J connectivity index is 1.64. The lowest BCUT2D eigenvalue weighted by Gasteiger charge is -2.26. The van der Waals surface area contributed by atoms with Crippen LogP contribution in [0, 0.1) is 0 Å². The maximum Gasteiger partial charge on any atom is 0.187 e. The van der Waals surface area contributed by atoms with Crippen molar-refractivity contribution in [3.05, 3.63) is 12.7 Å².